The lowest BCUT2D eigenvalue weighted by Crippen LogP contribution is -2.36. The molecule has 7 heteroatoms. The van der Waals surface area contributed by atoms with Crippen LogP contribution in [0.2, 0.25) is 0 Å². The third kappa shape index (κ3) is 7.42. The average molecular weight is 498 g/mol. The molecule has 0 aliphatic carbocycles. The number of nitrogens with two attached hydrogens (primary N) is 1. The zero-order valence-electron chi connectivity index (χ0n) is 15.9. The first kappa shape index (κ1) is 23.3. The number of aryl methyl sites for hydroxylation is 1. The second-order valence-electron chi connectivity index (χ2n) is 5.93. The third-order valence-corrected chi connectivity index (χ3v) is 4.71. The highest BCUT2D eigenvalue weighted by molar-refractivity contribution is 14.0. The molecule has 0 spiro atoms. The average Bonchev–Trinajstić information content (AvgIpc) is 2.65. The van der Waals surface area contributed by atoms with Gasteiger partial charge in [0, 0.05) is 23.5 Å². The molecule has 2 aromatic carbocycles. The maximum atomic E-state index is 11.1. The van der Waals surface area contributed by atoms with Gasteiger partial charge in [0.2, 0.25) is 5.91 Å². The van der Waals surface area contributed by atoms with E-state index in [1.54, 1.807) is 23.9 Å². The molecular weight excluding hydrogens is 471 g/mol. The number of benzene rings is 2. The van der Waals surface area contributed by atoms with E-state index in [1.165, 1.54) is 16.0 Å². The Hall–Kier alpha value is -1.74. The molecule has 5 nitrogen and oxygen atoms in total. The van der Waals surface area contributed by atoms with Crippen LogP contribution in [-0.4, -0.2) is 24.7 Å². The van der Waals surface area contributed by atoms with Gasteiger partial charge in [-0.15, -0.1) is 35.7 Å². The van der Waals surface area contributed by atoms with Gasteiger partial charge in [0.05, 0.1) is 6.54 Å². The van der Waals surface area contributed by atoms with Crippen LogP contribution in [-0.2, 0) is 13.1 Å². The molecule has 0 heterocycles. The van der Waals surface area contributed by atoms with Crippen molar-refractivity contribution >= 4 is 47.6 Å². The normalized spacial score (nSPS) is 10.9. The van der Waals surface area contributed by atoms with Gasteiger partial charge < -0.3 is 16.4 Å². The number of primary amides is 1. The lowest BCUT2D eigenvalue weighted by Gasteiger charge is -2.14. The van der Waals surface area contributed by atoms with Crippen molar-refractivity contribution in [1.29, 1.82) is 0 Å². The van der Waals surface area contributed by atoms with E-state index >= 15 is 0 Å². The van der Waals surface area contributed by atoms with Crippen molar-refractivity contribution in [3.8, 4) is 0 Å². The van der Waals surface area contributed by atoms with Crippen molar-refractivity contribution in [2.45, 2.75) is 31.8 Å². The van der Waals surface area contributed by atoms with Gasteiger partial charge in [-0.2, -0.15) is 0 Å². The summed E-state index contributed by atoms with van der Waals surface area (Å²) in [6, 6.07) is 13.7. The van der Waals surface area contributed by atoms with Crippen LogP contribution in [0.4, 0.5) is 0 Å². The molecule has 4 N–H and O–H groups in total. The molecule has 0 aliphatic heterocycles. The van der Waals surface area contributed by atoms with E-state index in [0.717, 1.165) is 18.1 Å². The molecule has 0 saturated heterocycles. The highest BCUT2D eigenvalue weighted by Crippen LogP contribution is 2.21. The van der Waals surface area contributed by atoms with E-state index in [0.29, 0.717) is 18.7 Å². The Morgan fingerprint density at radius 2 is 1.85 bits per heavy atom. The van der Waals surface area contributed by atoms with Crippen LogP contribution in [0.5, 0.6) is 0 Å². The van der Waals surface area contributed by atoms with Crippen LogP contribution in [0.3, 0.4) is 0 Å². The summed E-state index contributed by atoms with van der Waals surface area (Å²) in [7, 11) is 0. The molecule has 27 heavy (non-hydrogen) atoms. The van der Waals surface area contributed by atoms with E-state index in [9.17, 15) is 4.79 Å². The number of amides is 1. The number of carbonyl (C=O) groups is 1. The summed E-state index contributed by atoms with van der Waals surface area (Å²) in [5.74, 6) is 0.344. The van der Waals surface area contributed by atoms with Crippen LogP contribution < -0.4 is 16.4 Å². The third-order valence-electron chi connectivity index (χ3n) is 3.89. The predicted octanol–water partition coefficient (Wildman–Crippen LogP) is 3.69. The Labute approximate surface area is 182 Å². The molecule has 0 saturated carbocycles. The van der Waals surface area contributed by atoms with Crippen LogP contribution in [0.1, 0.15) is 34.0 Å². The fourth-order valence-corrected chi connectivity index (χ4v) is 3.17. The van der Waals surface area contributed by atoms with Crippen molar-refractivity contribution in [2.24, 2.45) is 10.7 Å². The van der Waals surface area contributed by atoms with Gasteiger partial charge in [-0.1, -0.05) is 24.3 Å². The first-order chi connectivity index (χ1) is 12.5. The van der Waals surface area contributed by atoms with Crippen molar-refractivity contribution < 1.29 is 4.79 Å². The summed E-state index contributed by atoms with van der Waals surface area (Å²) in [4.78, 5) is 17.0. The molecule has 0 fully saturated rings. The number of nitrogens with zero attached hydrogens (tertiary/aromatic N) is 1. The van der Waals surface area contributed by atoms with Gasteiger partial charge in [-0.05, 0) is 55.0 Å². The maximum absolute atomic E-state index is 11.1. The number of hydrogen-bond donors (Lipinski definition) is 3. The highest BCUT2D eigenvalue weighted by atomic mass is 127. The van der Waals surface area contributed by atoms with E-state index in [2.05, 4.69) is 47.0 Å². The van der Waals surface area contributed by atoms with Gasteiger partial charge in [-0.25, -0.2) is 4.99 Å². The Morgan fingerprint density at radius 1 is 1.15 bits per heavy atom. The Morgan fingerprint density at radius 3 is 2.44 bits per heavy atom. The number of nitrogens with one attached hydrogen (secondary N) is 2. The SMILES string of the molecule is CCNC(=NCc1ccc(C(N)=O)cc1)NCc1ccc(C)cc1SC.I. The minimum absolute atomic E-state index is 0. The van der Waals surface area contributed by atoms with Crippen molar-refractivity contribution in [3.63, 3.8) is 0 Å². The Balaban J connectivity index is 0.00000364. The van der Waals surface area contributed by atoms with Crippen LogP contribution in [0.15, 0.2) is 52.4 Å². The maximum Gasteiger partial charge on any atom is 0.248 e. The Bertz CT molecular complexity index is 778. The lowest BCUT2D eigenvalue weighted by molar-refractivity contribution is 0.100. The molecule has 146 valence electrons. The summed E-state index contributed by atoms with van der Waals surface area (Å²) in [5.41, 5.74) is 9.30. The van der Waals surface area contributed by atoms with Gasteiger partial charge >= 0.3 is 0 Å². The standard InChI is InChI=1S/C20H26N4OS.HI/c1-4-22-20(23-12-15-6-9-16(10-7-15)19(21)25)24-13-17-8-5-14(2)11-18(17)26-3;/h5-11H,4,12-13H2,1-3H3,(H2,21,25)(H2,22,23,24);1H. The summed E-state index contributed by atoms with van der Waals surface area (Å²) in [5, 5.41) is 6.64. The first-order valence-electron chi connectivity index (χ1n) is 8.58. The molecule has 0 atom stereocenters. The molecule has 0 radical (unpaired) electrons. The largest absolute Gasteiger partial charge is 0.366 e. The quantitative estimate of drug-likeness (QED) is 0.236. The van der Waals surface area contributed by atoms with Gasteiger partial charge in [0.1, 0.15) is 0 Å². The number of guanidine groups is 1. The second-order valence-corrected chi connectivity index (χ2v) is 6.77. The molecule has 0 aliphatic rings. The first-order valence-corrected chi connectivity index (χ1v) is 9.80. The van der Waals surface area contributed by atoms with E-state index < -0.39 is 5.91 Å². The fraction of sp³-hybridized carbons (Fsp3) is 0.300. The summed E-state index contributed by atoms with van der Waals surface area (Å²) >= 11 is 1.75. The number of rotatable bonds is 7. The summed E-state index contributed by atoms with van der Waals surface area (Å²) in [6.07, 6.45) is 2.09. The van der Waals surface area contributed by atoms with Gasteiger partial charge in [-0.3, -0.25) is 4.79 Å². The van der Waals surface area contributed by atoms with E-state index in [-0.39, 0.29) is 24.0 Å². The lowest BCUT2D eigenvalue weighted by atomic mass is 10.1. The van der Waals surface area contributed by atoms with Crippen LogP contribution in [0.25, 0.3) is 0 Å². The topological polar surface area (TPSA) is 79.5 Å². The molecular formula is C20H27IN4OS. The predicted molar refractivity (Wildman–Crippen MR) is 125 cm³/mol. The minimum Gasteiger partial charge on any atom is -0.366 e. The molecule has 0 aromatic heterocycles. The molecule has 0 unspecified atom stereocenters. The second kappa shape index (κ2) is 11.9. The van der Waals surface area contributed by atoms with Crippen molar-refractivity contribution in [1.82, 2.24) is 10.6 Å². The highest BCUT2D eigenvalue weighted by Gasteiger charge is 2.04. The Kier molecular flexibility index (Phi) is 10.2. The monoisotopic (exact) mass is 498 g/mol. The van der Waals surface area contributed by atoms with Crippen molar-refractivity contribution in [2.75, 3.05) is 12.8 Å². The zero-order valence-corrected chi connectivity index (χ0v) is 19.1. The number of carbonyl (C=O) groups excluding carboxylic acids is 1. The number of halogens is 1. The van der Waals surface area contributed by atoms with Crippen LogP contribution >= 0.6 is 35.7 Å². The van der Waals surface area contributed by atoms with E-state index in [4.69, 9.17) is 5.73 Å². The minimum atomic E-state index is -0.419. The fourth-order valence-electron chi connectivity index (χ4n) is 2.46. The molecule has 1 amide bonds. The van der Waals surface area contributed by atoms with E-state index in [1.807, 2.05) is 19.1 Å². The van der Waals surface area contributed by atoms with Gasteiger partial charge in [0.25, 0.3) is 0 Å². The number of thioether (sulfide) groups is 1. The number of aliphatic imine (C=N–C) groups is 1. The summed E-state index contributed by atoms with van der Waals surface area (Å²) in [6.45, 7) is 6.17. The molecule has 0 bridgehead atoms. The molecule has 2 aromatic rings. The molecule has 2 rings (SSSR count). The van der Waals surface area contributed by atoms with Crippen molar-refractivity contribution in [3.05, 3.63) is 64.7 Å². The van der Waals surface area contributed by atoms with Crippen LogP contribution in [0, 0.1) is 6.92 Å². The van der Waals surface area contributed by atoms with Gasteiger partial charge in [0.15, 0.2) is 5.96 Å². The zero-order chi connectivity index (χ0) is 18.9. The summed E-state index contributed by atoms with van der Waals surface area (Å²) < 4.78 is 0. The number of hydrogen-bond acceptors (Lipinski definition) is 3. The smallest absolute Gasteiger partial charge is 0.248 e.